The zero-order chi connectivity index (χ0) is 20.9. The first-order chi connectivity index (χ1) is 14.6. The molecule has 11 heteroatoms. The Kier molecular flexibility index (Phi) is 5.96. The van der Waals surface area contributed by atoms with E-state index < -0.39 is 0 Å². The Morgan fingerprint density at radius 3 is 2.73 bits per heavy atom. The first-order valence-electron chi connectivity index (χ1n) is 8.82. The van der Waals surface area contributed by atoms with E-state index in [1.54, 1.807) is 25.3 Å². The van der Waals surface area contributed by atoms with Crippen molar-refractivity contribution in [2.45, 2.75) is 10.9 Å². The van der Waals surface area contributed by atoms with E-state index in [-0.39, 0.29) is 5.95 Å². The Hall–Kier alpha value is -3.37. The Bertz CT molecular complexity index is 1150. The Morgan fingerprint density at radius 2 is 1.93 bits per heavy atom. The van der Waals surface area contributed by atoms with Crippen molar-refractivity contribution in [3.8, 4) is 17.1 Å². The molecule has 0 aliphatic carbocycles. The topological polar surface area (TPSA) is 128 Å². The number of rotatable bonds is 7. The number of nitrogens with two attached hydrogens (primary N) is 1. The highest BCUT2D eigenvalue weighted by molar-refractivity contribution is 7.98. The number of nitrogens with zero attached hydrogens (tertiary/aromatic N) is 5. The molecule has 2 aromatic carbocycles. The standard InChI is InChI=1S/C19H17ClN8OS/c1-29-14-8-7-11(20)9-13(14)16-25-19(28-27-16)30-10-15-23-17(21)26-18(24-15)22-12-5-3-2-4-6-12/h2-9H,10H2,1H3,(H,25,27,28)(H3,21,22,23,24,26). The van der Waals surface area contributed by atoms with Crippen LogP contribution in [0, 0.1) is 0 Å². The van der Waals surface area contributed by atoms with Gasteiger partial charge in [-0.3, -0.25) is 5.10 Å². The van der Waals surface area contributed by atoms with Gasteiger partial charge in [0.05, 0.1) is 18.4 Å². The van der Waals surface area contributed by atoms with Gasteiger partial charge in [0.25, 0.3) is 0 Å². The molecule has 0 atom stereocenters. The fourth-order valence-corrected chi connectivity index (χ4v) is 3.46. The predicted molar refractivity (Wildman–Crippen MR) is 117 cm³/mol. The van der Waals surface area contributed by atoms with E-state index in [0.29, 0.717) is 39.3 Å². The van der Waals surface area contributed by atoms with Gasteiger partial charge in [-0.05, 0) is 30.3 Å². The smallest absolute Gasteiger partial charge is 0.232 e. The number of nitrogen functional groups attached to an aromatic ring is 1. The summed E-state index contributed by atoms with van der Waals surface area (Å²) in [5, 5.41) is 11.4. The largest absolute Gasteiger partial charge is 0.496 e. The SMILES string of the molecule is COc1ccc(Cl)cc1-c1nc(SCc2nc(N)nc(Nc3ccccc3)n2)n[nH]1. The molecule has 0 spiro atoms. The van der Waals surface area contributed by atoms with Crippen LogP contribution in [0.3, 0.4) is 0 Å². The van der Waals surface area contributed by atoms with Crippen molar-refractivity contribution in [1.29, 1.82) is 0 Å². The maximum absolute atomic E-state index is 6.10. The van der Waals surface area contributed by atoms with Crippen LogP contribution in [0.25, 0.3) is 11.4 Å². The summed E-state index contributed by atoms with van der Waals surface area (Å²) in [4.78, 5) is 17.2. The highest BCUT2D eigenvalue weighted by Gasteiger charge is 2.13. The average Bonchev–Trinajstić information content (AvgIpc) is 3.21. The van der Waals surface area contributed by atoms with Crippen LogP contribution in [-0.4, -0.2) is 37.2 Å². The monoisotopic (exact) mass is 440 g/mol. The molecule has 0 saturated carbocycles. The lowest BCUT2D eigenvalue weighted by Gasteiger charge is -2.06. The number of methoxy groups -OCH3 is 1. The number of H-pyrrole nitrogens is 1. The van der Waals surface area contributed by atoms with Gasteiger partial charge in [-0.15, -0.1) is 5.10 Å². The van der Waals surface area contributed by atoms with Gasteiger partial charge in [0.2, 0.25) is 17.1 Å². The second-order valence-electron chi connectivity index (χ2n) is 6.02. The van der Waals surface area contributed by atoms with Crippen molar-refractivity contribution in [2.75, 3.05) is 18.2 Å². The molecule has 0 radical (unpaired) electrons. The van der Waals surface area contributed by atoms with E-state index in [9.17, 15) is 0 Å². The number of aromatic nitrogens is 6. The minimum atomic E-state index is 0.137. The Balaban J connectivity index is 1.47. The molecule has 0 aliphatic rings. The quantitative estimate of drug-likeness (QED) is 0.366. The molecule has 4 rings (SSSR count). The number of hydrogen-bond donors (Lipinski definition) is 3. The van der Waals surface area contributed by atoms with E-state index >= 15 is 0 Å². The number of ether oxygens (including phenoxy) is 1. The number of anilines is 3. The molecule has 4 aromatic rings. The maximum atomic E-state index is 6.10. The second-order valence-corrected chi connectivity index (χ2v) is 7.40. The lowest BCUT2D eigenvalue weighted by Crippen LogP contribution is -2.06. The summed E-state index contributed by atoms with van der Waals surface area (Å²) in [7, 11) is 1.59. The first kappa shape index (κ1) is 19.9. The molecule has 0 bridgehead atoms. The molecular weight excluding hydrogens is 424 g/mol. The summed E-state index contributed by atoms with van der Waals surface area (Å²) < 4.78 is 5.37. The van der Waals surface area contributed by atoms with Gasteiger partial charge in [0, 0.05) is 10.7 Å². The third kappa shape index (κ3) is 4.78. The number of para-hydroxylation sites is 1. The van der Waals surface area contributed by atoms with Gasteiger partial charge < -0.3 is 15.8 Å². The number of hydrogen-bond acceptors (Lipinski definition) is 9. The zero-order valence-corrected chi connectivity index (χ0v) is 17.4. The maximum Gasteiger partial charge on any atom is 0.232 e. The molecule has 0 aliphatic heterocycles. The summed E-state index contributed by atoms with van der Waals surface area (Å²) in [6, 6.07) is 14.9. The van der Waals surface area contributed by atoms with Crippen LogP contribution >= 0.6 is 23.4 Å². The van der Waals surface area contributed by atoms with Crippen LogP contribution in [0.15, 0.2) is 53.7 Å². The number of thioether (sulfide) groups is 1. The minimum Gasteiger partial charge on any atom is -0.496 e. The summed E-state index contributed by atoms with van der Waals surface area (Å²) in [5.74, 6) is 2.65. The number of aromatic amines is 1. The van der Waals surface area contributed by atoms with Gasteiger partial charge in [-0.25, -0.2) is 4.98 Å². The third-order valence-electron chi connectivity index (χ3n) is 3.94. The average molecular weight is 441 g/mol. The fourth-order valence-electron chi connectivity index (χ4n) is 2.63. The summed E-state index contributed by atoms with van der Waals surface area (Å²) >= 11 is 7.46. The summed E-state index contributed by atoms with van der Waals surface area (Å²) in [6.45, 7) is 0. The summed E-state index contributed by atoms with van der Waals surface area (Å²) in [5.41, 5.74) is 7.42. The van der Waals surface area contributed by atoms with Crippen molar-refractivity contribution in [3.05, 3.63) is 59.4 Å². The van der Waals surface area contributed by atoms with Crippen LogP contribution < -0.4 is 15.8 Å². The van der Waals surface area contributed by atoms with Gasteiger partial charge in [0.15, 0.2) is 5.82 Å². The second kappa shape index (κ2) is 8.97. The van der Waals surface area contributed by atoms with E-state index in [1.807, 2.05) is 30.3 Å². The number of halogens is 1. The van der Waals surface area contributed by atoms with Crippen molar-refractivity contribution >= 4 is 40.9 Å². The van der Waals surface area contributed by atoms with Gasteiger partial charge in [-0.2, -0.15) is 15.0 Å². The van der Waals surface area contributed by atoms with Crippen molar-refractivity contribution in [1.82, 2.24) is 30.1 Å². The molecule has 0 unspecified atom stereocenters. The Labute approximate surface area is 181 Å². The van der Waals surface area contributed by atoms with Crippen molar-refractivity contribution < 1.29 is 4.74 Å². The van der Waals surface area contributed by atoms with Crippen molar-refractivity contribution in [2.24, 2.45) is 0 Å². The van der Waals surface area contributed by atoms with Crippen LogP contribution in [-0.2, 0) is 5.75 Å². The zero-order valence-electron chi connectivity index (χ0n) is 15.8. The van der Waals surface area contributed by atoms with Crippen LogP contribution in [0.1, 0.15) is 5.82 Å². The number of benzene rings is 2. The lowest BCUT2D eigenvalue weighted by atomic mass is 10.2. The normalized spacial score (nSPS) is 10.7. The van der Waals surface area contributed by atoms with Gasteiger partial charge >= 0.3 is 0 Å². The van der Waals surface area contributed by atoms with E-state index in [2.05, 4.69) is 35.5 Å². The molecule has 2 heterocycles. The Morgan fingerprint density at radius 1 is 1.10 bits per heavy atom. The molecule has 0 saturated heterocycles. The van der Waals surface area contributed by atoms with Gasteiger partial charge in [-0.1, -0.05) is 41.6 Å². The lowest BCUT2D eigenvalue weighted by molar-refractivity contribution is 0.416. The number of nitrogens with one attached hydrogen (secondary N) is 2. The van der Waals surface area contributed by atoms with Crippen molar-refractivity contribution in [3.63, 3.8) is 0 Å². The third-order valence-corrected chi connectivity index (χ3v) is 5.02. The van der Waals surface area contributed by atoms with E-state index in [0.717, 1.165) is 11.3 Å². The summed E-state index contributed by atoms with van der Waals surface area (Å²) in [6.07, 6.45) is 0. The molecular formula is C19H17ClN8OS. The highest BCUT2D eigenvalue weighted by atomic mass is 35.5. The van der Waals surface area contributed by atoms with E-state index in [4.69, 9.17) is 22.1 Å². The predicted octanol–water partition coefficient (Wildman–Crippen LogP) is 3.94. The molecule has 2 aromatic heterocycles. The van der Waals surface area contributed by atoms with E-state index in [1.165, 1.54) is 11.8 Å². The minimum absolute atomic E-state index is 0.137. The molecule has 152 valence electrons. The molecule has 30 heavy (non-hydrogen) atoms. The first-order valence-corrected chi connectivity index (χ1v) is 10.2. The molecule has 4 N–H and O–H groups in total. The van der Waals surface area contributed by atoms with Crippen LogP contribution in [0.4, 0.5) is 17.6 Å². The fraction of sp³-hybridized carbons (Fsp3) is 0.105. The molecule has 9 nitrogen and oxygen atoms in total. The van der Waals surface area contributed by atoms with Crippen LogP contribution in [0.5, 0.6) is 5.75 Å². The molecule has 0 amide bonds. The highest BCUT2D eigenvalue weighted by Crippen LogP contribution is 2.31. The molecule has 0 fully saturated rings. The van der Waals surface area contributed by atoms with Gasteiger partial charge in [0.1, 0.15) is 11.6 Å². The van der Waals surface area contributed by atoms with Crippen LogP contribution in [0.2, 0.25) is 5.02 Å².